The first kappa shape index (κ1) is 30.3. The van der Waals surface area contributed by atoms with E-state index in [4.69, 9.17) is 0 Å². The second-order valence-corrected chi connectivity index (χ2v) is 10.4. The summed E-state index contributed by atoms with van der Waals surface area (Å²) in [6.07, 6.45) is 1.74. The van der Waals surface area contributed by atoms with Crippen LogP contribution in [0.1, 0.15) is 26.5 Å². The number of hydrogen-bond acceptors (Lipinski definition) is 6. The van der Waals surface area contributed by atoms with Crippen molar-refractivity contribution in [2.45, 2.75) is 26.2 Å². The third-order valence-electron chi connectivity index (χ3n) is 6.36. The van der Waals surface area contributed by atoms with Gasteiger partial charge in [-0.15, -0.1) is 0 Å². The Bertz CT molecular complexity index is 1760. The molecule has 2 aromatic carbocycles. The van der Waals surface area contributed by atoms with Crippen LogP contribution in [0.3, 0.4) is 0 Å². The average molecular weight is 733 g/mol. The molecular weight excluding hydrogens is 703 g/mol. The third kappa shape index (κ3) is 7.15. The molecule has 4 heterocycles. The quantitative estimate of drug-likeness (QED) is 0.196. The molecule has 0 unspecified atom stereocenters. The normalized spacial score (nSPS) is 10.7. The van der Waals surface area contributed by atoms with Crippen molar-refractivity contribution < 1.29 is 30.3 Å². The van der Waals surface area contributed by atoms with E-state index < -0.39 is 0 Å². The minimum atomic E-state index is -0.0411. The van der Waals surface area contributed by atoms with Gasteiger partial charge in [-0.3, -0.25) is 4.98 Å². The van der Waals surface area contributed by atoms with Gasteiger partial charge in [-0.25, -0.2) is 9.97 Å². The van der Waals surface area contributed by atoms with Crippen LogP contribution < -0.4 is 5.10 Å². The number of aromatic nitrogens is 5. The molecule has 1 radical (unpaired) electrons. The largest absolute Gasteiger partial charge is 0.573 e. The van der Waals surface area contributed by atoms with Crippen LogP contribution in [0, 0.1) is 0 Å². The van der Waals surface area contributed by atoms with E-state index in [0.29, 0.717) is 5.56 Å². The van der Waals surface area contributed by atoms with Crippen LogP contribution in [0.5, 0.6) is 11.5 Å². The standard InChI is InChI=1S/C18H18N3O.C16H12N2O.Ir/c1-18(2,3)17-11-15(20-21-17)14-9-6-8-13(19-14)12-7-4-5-10-16(12)22;19-16-10-2-1-6-12(16)13-8-5-9-15(18-13)14-7-3-4-11-17-14;/h4-11H,1-3H3,(H-,19,20,21,22);1-11,19H;/q-1;;. The van der Waals surface area contributed by atoms with Gasteiger partial charge >= 0.3 is 0 Å². The van der Waals surface area contributed by atoms with Crippen molar-refractivity contribution in [2.75, 3.05) is 0 Å². The maximum absolute atomic E-state index is 9.97. The fourth-order valence-corrected chi connectivity index (χ4v) is 4.14. The Morgan fingerprint density at radius 2 is 1.07 bits per heavy atom. The average Bonchev–Trinajstić information content (AvgIpc) is 3.50. The molecule has 0 saturated carbocycles. The molecule has 0 atom stereocenters. The van der Waals surface area contributed by atoms with Crippen LogP contribution in [0.2, 0.25) is 0 Å². The molecule has 0 aliphatic heterocycles. The zero-order chi connectivity index (χ0) is 28.8. The second kappa shape index (κ2) is 13.3. The first-order chi connectivity index (χ1) is 19.8. The van der Waals surface area contributed by atoms with Gasteiger partial charge in [-0.05, 0) is 60.7 Å². The second-order valence-electron chi connectivity index (χ2n) is 10.4. The molecule has 0 spiro atoms. The van der Waals surface area contributed by atoms with Gasteiger partial charge in [0.05, 0.1) is 28.5 Å². The van der Waals surface area contributed by atoms with E-state index in [2.05, 4.69) is 45.9 Å². The summed E-state index contributed by atoms with van der Waals surface area (Å²) in [4.78, 5) is 13.4. The van der Waals surface area contributed by atoms with Crippen LogP contribution >= 0.6 is 0 Å². The molecule has 6 aromatic rings. The fraction of sp³-hybridized carbons (Fsp3) is 0.118. The van der Waals surface area contributed by atoms with Crippen molar-refractivity contribution in [3.8, 4) is 56.8 Å². The Morgan fingerprint density at radius 1 is 0.571 bits per heavy atom. The first-order valence-electron chi connectivity index (χ1n) is 13.2. The van der Waals surface area contributed by atoms with Crippen LogP contribution in [-0.4, -0.2) is 30.3 Å². The van der Waals surface area contributed by atoms with Crippen molar-refractivity contribution in [3.63, 3.8) is 0 Å². The van der Waals surface area contributed by atoms with Gasteiger partial charge in [-0.1, -0.05) is 75.0 Å². The number of aromatic hydroxyl groups is 2. The summed E-state index contributed by atoms with van der Waals surface area (Å²) < 4.78 is 0. The first-order valence-corrected chi connectivity index (χ1v) is 13.2. The van der Waals surface area contributed by atoms with Crippen molar-refractivity contribution in [1.29, 1.82) is 0 Å². The fourth-order valence-electron chi connectivity index (χ4n) is 4.14. The summed E-state index contributed by atoms with van der Waals surface area (Å²) in [6, 6.07) is 33.4. The Kier molecular flexibility index (Phi) is 9.63. The maximum Gasteiger partial charge on any atom is 0.124 e. The Hall–Kier alpha value is -4.65. The van der Waals surface area contributed by atoms with Crippen molar-refractivity contribution >= 4 is 0 Å². The van der Waals surface area contributed by atoms with E-state index in [1.54, 1.807) is 30.5 Å². The van der Waals surface area contributed by atoms with Crippen LogP contribution in [0.15, 0.2) is 115 Å². The Labute approximate surface area is 258 Å². The van der Waals surface area contributed by atoms with E-state index in [-0.39, 0.29) is 37.0 Å². The topological polar surface area (TPSA) is 106 Å². The van der Waals surface area contributed by atoms with Crippen molar-refractivity contribution in [3.05, 3.63) is 121 Å². The van der Waals surface area contributed by atoms with Crippen molar-refractivity contribution in [2.24, 2.45) is 0 Å². The minimum absolute atomic E-state index is 0. The van der Waals surface area contributed by atoms with E-state index in [1.165, 1.54) is 0 Å². The number of benzene rings is 2. The van der Waals surface area contributed by atoms with Gasteiger partial charge in [0.2, 0.25) is 0 Å². The van der Waals surface area contributed by atoms with E-state index in [1.807, 2.05) is 84.9 Å². The smallest absolute Gasteiger partial charge is 0.124 e. The van der Waals surface area contributed by atoms with Gasteiger partial charge in [0.25, 0.3) is 0 Å². The van der Waals surface area contributed by atoms with Crippen LogP contribution in [0.4, 0.5) is 0 Å². The predicted octanol–water partition coefficient (Wildman–Crippen LogP) is 7.28. The molecular formula is C34H30IrN5O2-. The van der Waals surface area contributed by atoms with Gasteiger partial charge < -0.3 is 20.4 Å². The summed E-state index contributed by atoms with van der Waals surface area (Å²) in [7, 11) is 0. The molecule has 213 valence electrons. The van der Waals surface area contributed by atoms with Gasteiger partial charge in [0, 0.05) is 48.5 Å². The maximum atomic E-state index is 9.97. The summed E-state index contributed by atoms with van der Waals surface area (Å²) in [5, 5.41) is 28.3. The van der Waals surface area contributed by atoms with E-state index in [9.17, 15) is 10.2 Å². The molecule has 0 saturated heterocycles. The third-order valence-corrected chi connectivity index (χ3v) is 6.36. The molecule has 8 heteroatoms. The van der Waals surface area contributed by atoms with Gasteiger partial charge in [0.15, 0.2) is 0 Å². The summed E-state index contributed by atoms with van der Waals surface area (Å²) in [5.41, 5.74) is 6.90. The van der Waals surface area contributed by atoms with Gasteiger partial charge in [0.1, 0.15) is 11.5 Å². The minimum Gasteiger partial charge on any atom is -0.573 e. The molecule has 0 fully saturated rings. The zero-order valence-corrected chi connectivity index (χ0v) is 25.8. The summed E-state index contributed by atoms with van der Waals surface area (Å²) >= 11 is 0. The summed E-state index contributed by atoms with van der Waals surface area (Å²) in [6.45, 7) is 6.31. The Morgan fingerprint density at radius 3 is 1.60 bits per heavy atom. The number of phenolic OH excluding ortho intramolecular Hbond substituents is 2. The molecule has 4 aromatic heterocycles. The number of rotatable bonds is 4. The van der Waals surface area contributed by atoms with E-state index >= 15 is 0 Å². The Balaban J connectivity index is 0.000000190. The zero-order valence-electron chi connectivity index (χ0n) is 23.4. The number of hydrogen-bond donors (Lipinski definition) is 2. The summed E-state index contributed by atoms with van der Waals surface area (Å²) in [5.74, 6) is 0.448. The SMILES string of the molecule is CC(C)(C)c1cc(-c2cccc(-c3ccccc3O)n2)[n-]n1.Oc1ccccc1-c1cccc(-c2ccccn2)n1.[Ir]. The van der Waals surface area contributed by atoms with E-state index in [0.717, 1.165) is 45.4 Å². The number of phenols is 2. The molecule has 42 heavy (non-hydrogen) atoms. The number of para-hydroxylation sites is 2. The molecule has 0 amide bonds. The van der Waals surface area contributed by atoms with Gasteiger partial charge in [-0.2, -0.15) is 0 Å². The molecule has 2 N–H and O–H groups in total. The molecule has 0 aliphatic rings. The molecule has 0 bridgehead atoms. The van der Waals surface area contributed by atoms with Crippen LogP contribution in [0.25, 0.3) is 45.3 Å². The molecule has 7 nitrogen and oxygen atoms in total. The molecule has 6 rings (SSSR count). The van der Waals surface area contributed by atoms with Crippen LogP contribution in [-0.2, 0) is 25.5 Å². The predicted molar refractivity (Wildman–Crippen MR) is 161 cm³/mol. The number of pyridine rings is 3. The molecule has 0 aliphatic carbocycles. The monoisotopic (exact) mass is 733 g/mol. The number of nitrogens with zero attached hydrogens (tertiary/aromatic N) is 5. The van der Waals surface area contributed by atoms with Crippen molar-refractivity contribution in [1.82, 2.24) is 25.1 Å².